The molecule has 144 valence electrons. The van der Waals surface area contributed by atoms with Crippen molar-refractivity contribution in [3.05, 3.63) is 66.4 Å². The van der Waals surface area contributed by atoms with Crippen molar-refractivity contribution in [3.8, 4) is 33.9 Å². The maximum Gasteiger partial charge on any atom is 0.417 e. The SMILES string of the molecule is Fc1ccc(-c2nc3c([nH]2)-c2ccncc2Nc2ncccc2-3)c(C(F)(F)F)c1. The highest BCUT2D eigenvalue weighted by Crippen LogP contribution is 2.44. The predicted molar refractivity (Wildman–Crippen MR) is 98.7 cm³/mol. The molecule has 0 atom stereocenters. The Bertz CT molecular complexity index is 1180. The van der Waals surface area contributed by atoms with Gasteiger partial charge in [0.1, 0.15) is 23.2 Å². The van der Waals surface area contributed by atoms with Crippen molar-refractivity contribution in [2.75, 3.05) is 5.32 Å². The lowest BCUT2D eigenvalue weighted by Gasteiger charge is -2.11. The zero-order valence-corrected chi connectivity index (χ0v) is 14.5. The first-order valence-corrected chi connectivity index (χ1v) is 8.56. The van der Waals surface area contributed by atoms with Gasteiger partial charge in [-0.25, -0.2) is 14.4 Å². The van der Waals surface area contributed by atoms with Crippen molar-refractivity contribution in [2.24, 2.45) is 0 Å². The van der Waals surface area contributed by atoms with Gasteiger partial charge < -0.3 is 10.3 Å². The number of anilines is 2. The number of benzene rings is 1. The molecule has 0 unspecified atom stereocenters. The monoisotopic (exact) mass is 397 g/mol. The van der Waals surface area contributed by atoms with E-state index in [0.717, 1.165) is 12.1 Å². The van der Waals surface area contributed by atoms with Crippen LogP contribution < -0.4 is 5.32 Å². The number of rotatable bonds is 1. The van der Waals surface area contributed by atoms with Crippen LogP contribution in [0, 0.1) is 5.82 Å². The van der Waals surface area contributed by atoms with Crippen LogP contribution in [0.3, 0.4) is 0 Å². The van der Waals surface area contributed by atoms with Gasteiger partial charge in [0, 0.05) is 29.1 Å². The molecule has 0 saturated carbocycles. The van der Waals surface area contributed by atoms with E-state index in [2.05, 4.69) is 25.3 Å². The number of aromatic amines is 1. The second-order valence-corrected chi connectivity index (χ2v) is 6.44. The standard InChI is InChI=1S/C20H11F4N5/c21-10-3-4-11(14(8-10)20(22,23)24)19-28-16-12-5-7-25-9-15(12)27-18-13(17(16)29-19)2-1-6-26-18/h1-9H,(H,26,27)(H,28,29). The molecule has 4 aromatic rings. The number of aromatic nitrogens is 4. The highest BCUT2D eigenvalue weighted by Gasteiger charge is 2.35. The van der Waals surface area contributed by atoms with E-state index in [-0.39, 0.29) is 11.4 Å². The zero-order valence-electron chi connectivity index (χ0n) is 14.5. The first-order valence-electron chi connectivity index (χ1n) is 8.56. The Labute approximate surface area is 161 Å². The van der Waals surface area contributed by atoms with Crippen LogP contribution >= 0.6 is 0 Å². The van der Waals surface area contributed by atoms with Crippen LogP contribution in [0.2, 0.25) is 0 Å². The first-order chi connectivity index (χ1) is 13.9. The second kappa shape index (κ2) is 6.13. The summed E-state index contributed by atoms with van der Waals surface area (Å²) < 4.78 is 54.0. The number of H-pyrrole nitrogens is 1. The summed E-state index contributed by atoms with van der Waals surface area (Å²) in [5.41, 5.74) is 1.57. The number of hydrogen-bond donors (Lipinski definition) is 2. The van der Waals surface area contributed by atoms with Gasteiger partial charge in [-0.05, 0) is 36.4 Å². The minimum absolute atomic E-state index is 0.0122. The fraction of sp³-hybridized carbons (Fsp3) is 0.0500. The number of fused-ring (bicyclic) bond motifs is 5. The van der Waals surface area contributed by atoms with Crippen LogP contribution in [-0.4, -0.2) is 19.9 Å². The molecule has 29 heavy (non-hydrogen) atoms. The molecule has 5 rings (SSSR count). The number of imidazole rings is 1. The van der Waals surface area contributed by atoms with Gasteiger partial charge in [-0.1, -0.05) is 0 Å². The second-order valence-electron chi connectivity index (χ2n) is 6.44. The Morgan fingerprint density at radius 3 is 2.62 bits per heavy atom. The molecule has 2 N–H and O–H groups in total. The number of pyridine rings is 2. The molecule has 0 aliphatic carbocycles. The van der Waals surface area contributed by atoms with Crippen LogP contribution in [-0.2, 0) is 6.18 Å². The lowest BCUT2D eigenvalue weighted by atomic mass is 10.1. The molecule has 4 heterocycles. The molecular formula is C20H11F4N5. The van der Waals surface area contributed by atoms with E-state index in [9.17, 15) is 17.6 Å². The summed E-state index contributed by atoms with van der Waals surface area (Å²) in [6, 6.07) is 7.74. The number of hydrogen-bond acceptors (Lipinski definition) is 4. The van der Waals surface area contributed by atoms with Crippen molar-refractivity contribution >= 4 is 11.5 Å². The van der Waals surface area contributed by atoms with Gasteiger partial charge in [-0.2, -0.15) is 13.2 Å². The molecule has 0 radical (unpaired) electrons. The van der Waals surface area contributed by atoms with E-state index in [1.807, 2.05) is 0 Å². The molecule has 0 amide bonds. The number of alkyl halides is 3. The van der Waals surface area contributed by atoms with E-state index >= 15 is 0 Å². The molecule has 0 bridgehead atoms. The Morgan fingerprint density at radius 2 is 1.79 bits per heavy atom. The fourth-order valence-corrected chi connectivity index (χ4v) is 3.38. The third-order valence-electron chi connectivity index (χ3n) is 4.65. The predicted octanol–water partition coefficient (Wildman–Crippen LogP) is 5.42. The maximum atomic E-state index is 13.5. The molecule has 3 aromatic heterocycles. The average molecular weight is 397 g/mol. The maximum absolute atomic E-state index is 13.5. The summed E-state index contributed by atoms with van der Waals surface area (Å²) in [6.45, 7) is 0. The minimum atomic E-state index is -4.73. The summed E-state index contributed by atoms with van der Waals surface area (Å²) in [5, 5.41) is 3.18. The Hall–Kier alpha value is -3.75. The molecule has 0 saturated heterocycles. The summed E-state index contributed by atoms with van der Waals surface area (Å²) in [5.74, 6) is -0.472. The van der Waals surface area contributed by atoms with Gasteiger partial charge in [0.15, 0.2) is 0 Å². The Morgan fingerprint density at radius 1 is 0.931 bits per heavy atom. The highest BCUT2D eigenvalue weighted by atomic mass is 19.4. The Balaban J connectivity index is 1.80. The lowest BCUT2D eigenvalue weighted by molar-refractivity contribution is -0.137. The van der Waals surface area contributed by atoms with Gasteiger partial charge in [0.25, 0.3) is 0 Å². The van der Waals surface area contributed by atoms with Gasteiger partial charge in [0.2, 0.25) is 0 Å². The Kier molecular flexibility index (Phi) is 3.67. The van der Waals surface area contributed by atoms with Gasteiger partial charge in [-0.3, -0.25) is 4.98 Å². The fourth-order valence-electron chi connectivity index (χ4n) is 3.38. The molecule has 1 aliphatic heterocycles. The third-order valence-corrected chi connectivity index (χ3v) is 4.65. The number of nitrogens with zero attached hydrogens (tertiary/aromatic N) is 3. The molecule has 0 spiro atoms. The summed E-state index contributed by atoms with van der Waals surface area (Å²) >= 11 is 0. The minimum Gasteiger partial charge on any atom is -0.338 e. The van der Waals surface area contributed by atoms with Crippen LogP contribution in [0.25, 0.3) is 33.9 Å². The van der Waals surface area contributed by atoms with Crippen molar-refractivity contribution in [2.45, 2.75) is 6.18 Å². The van der Waals surface area contributed by atoms with E-state index in [1.54, 1.807) is 36.8 Å². The average Bonchev–Trinajstić information content (AvgIpc) is 3.08. The molecule has 1 aromatic carbocycles. The van der Waals surface area contributed by atoms with Crippen molar-refractivity contribution < 1.29 is 17.6 Å². The summed E-state index contributed by atoms with van der Waals surface area (Å²) in [7, 11) is 0. The number of nitrogens with one attached hydrogen (secondary N) is 2. The zero-order chi connectivity index (χ0) is 20.2. The lowest BCUT2D eigenvalue weighted by Crippen LogP contribution is -2.08. The van der Waals surface area contributed by atoms with Crippen molar-refractivity contribution in [1.82, 2.24) is 19.9 Å². The van der Waals surface area contributed by atoms with E-state index in [0.29, 0.717) is 40.1 Å². The molecule has 9 heteroatoms. The van der Waals surface area contributed by atoms with Crippen LogP contribution in [0.4, 0.5) is 29.1 Å². The molecule has 1 aliphatic rings. The third kappa shape index (κ3) is 2.82. The van der Waals surface area contributed by atoms with E-state index < -0.39 is 17.6 Å². The smallest absolute Gasteiger partial charge is 0.338 e. The molecular weight excluding hydrogens is 386 g/mol. The van der Waals surface area contributed by atoms with Gasteiger partial charge in [0.05, 0.1) is 23.1 Å². The van der Waals surface area contributed by atoms with E-state index in [4.69, 9.17) is 0 Å². The van der Waals surface area contributed by atoms with Crippen LogP contribution in [0.5, 0.6) is 0 Å². The topological polar surface area (TPSA) is 66.5 Å². The van der Waals surface area contributed by atoms with Crippen LogP contribution in [0.15, 0.2) is 55.0 Å². The quantitative estimate of drug-likeness (QED) is 0.371. The summed E-state index contributed by atoms with van der Waals surface area (Å²) in [6.07, 6.45) is 0.0440. The van der Waals surface area contributed by atoms with Gasteiger partial charge in [-0.15, -0.1) is 0 Å². The molecule has 5 nitrogen and oxygen atoms in total. The highest BCUT2D eigenvalue weighted by molar-refractivity contribution is 5.95. The first kappa shape index (κ1) is 17.4. The molecule has 0 fully saturated rings. The van der Waals surface area contributed by atoms with E-state index in [1.165, 1.54) is 0 Å². The van der Waals surface area contributed by atoms with Crippen molar-refractivity contribution in [1.29, 1.82) is 0 Å². The van der Waals surface area contributed by atoms with Crippen molar-refractivity contribution in [3.63, 3.8) is 0 Å². The summed E-state index contributed by atoms with van der Waals surface area (Å²) in [4.78, 5) is 15.8. The number of halogens is 4. The largest absolute Gasteiger partial charge is 0.417 e. The normalized spacial score (nSPS) is 12.4. The van der Waals surface area contributed by atoms with Crippen LogP contribution in [0.1, 0.15) is 5.56 Å². The van der Waals surface area contributed by atoms with Gasteiger partial charge >= 0.3 is 6.18 Å².